The molecule has 0 spiro atoms. The van der Waals surface area contributed by atoms with Gasteiger partial charge in [-0.1, -0.05) is 51.0 Å². The third-order valence-electron chi connectivity index (χ3n) is 12.1. The normalized spacial score (nSPS) is 20.6. The SMILES string of the molecule is CNC(=O)N1CCN(c2ccc(NC(=O)c3ccc(-c4ccc(-c5cnc([C@@H]6C[C@@H]7CCCC[C@@H]7N6C(=O)[C@@H](NC(=O)OC)C(C)C)[nH]5)cc4)c(OC(F)(F)F)c3)cn2)[C@H](C)C1. The van der Waals surface area contributed by atoms with Crippen LogP contribution in [0.5, 0.6) is 5.75 Å². The topological polar surface area (TPSA) is 174 Å². The van der Waals surface area contributed by atoms with E-state index in [0.29, 0.717) is 59.7 Å². The van der Waals surface area contributed by atoms with E-state index in [1.54, 1.807) is 54.5 Å². The van der Waals surface area contributed by atoms with Gasteiger partial charge in [-0.3, -0.25) is 9.59 Å². The Balaban J connectivity index is 1.06. The number of imidazole rings is 1. The molecule has 7 rings (SSSR count). The van der Waals surface area contributed by atoms with E-state index in [4.69, 9.17) is 9.72 Å². The number of likely N-dealkylation sites (tertiary alicyclic amines) is 1. The maximum atomic E-state index is 14.2. The fourth-order valence-corrected chi connectivity index (χ4v) is 8.95. The highest BCUT2D eigenvalue weighted by Crippen LogP contribution is 2.46. The van der Waals surface area contributed by atoms with Crippen LogP contribution < -0.4 is 25.6 Å². The molecule has 0 radical (unpaired) electrons. The summed E-state index contributed by atoms with van der Waals surface area (Å²) in [5, 5.41) is 8.06. The molecule has 3 aliphatic rings. The number of ether oxygens (including phenoxy) is 2. The number of H-pyrrole nitrogens is 1. The van der Waals surface area contributed by atoms with E-state index in [1.165, 1.54) is 25.4 Å². The van der Waals surface area contributed by atoms with Crippen LogP contribution in [0.4, 0.5) is 34.3 Å². The van der Waals surface area contributed by atoms with Gasteiger partial charge in [0.15, 0.2) is 0 Å². The van der Waals surface area contributed by atoms with Crippen molar-refractivity contribution in [3.05, 3.63) is 78.4 Å². The molecule has 4 N–H and O–H groups in total. The van der Waals surface area contributed by atoms with E-state index in [-0.39, 0.29) is 47.1 Å². The number of halogens is 3. The van der Waals surface area contributed by atoms with E-state index >= 15 is 0 Å². The Morgan fingerprint density at radius 3 is 2.34 bits per heavy atom. The quantitative estimate of drug-likeness (QED) is 0.127. The molecule has 2 aromatic heterocycles. The van der Waals surface area contributed by atoms with Gasteiger partial charge >= 0.3 is 18.5 Å². The minimum absolute atomic E-state index is 0.00647. The molecule has 5 amide bonds. The number of rotatable bonds is 10. The van der Waals surface area contributed by atoms with Crippen LogP contribution >= 0.6 is 0 Å². The molecule has 0 bridgehead atoms. The van der Waals surface area contributed by atoms with Gasteiger partial charge in [0, 0.05) is 49.9 Å². The van der Waals surface area contributed by atoms with E-state index in [0.717, 1.165) is 38.2 Å². The number of fused-ring (bicyclic) bond motifs is 1. The number of alkyl halides is 3. The summed E-state index contributed by atoms with van der Waals surface area (Å²) in [6.45, 7) is 7.33. The van der Waals surface area contributed by atoms with E-state index in [9.17, 15) is 32.3 Å². The number of aromatic amines is 1. The predicted octanol–water partition coefficient (Wildman–Crippen LogP) is 7.35. The second-order valence-corrected chi connectivity index (χ2v) is 16.4. The molecule has 330 valence electrons. The minimum Gasteiger partial charge on any atom is -0.453 e. The number of benzene rings is 2. The molecule has 2 aromatic carbocycles. The Morgan fingerprint density at radius 2 is 1.68 bits per heavy atom. The molecule has 3 fully saturated rings. The summed E-state index contributed by atoms with van der Waals surface area (Å²) in [4.78, 5) is 70.0. The lowest BCUT2D eigenvalue weighted by Gasteiger charge is -2.40. The van der Waals surface area contributed by atoms with E-state index in [1.807, 2.05) is 25.7 Å². The molecule has 0 unspecified atom stereocenters. The Kier molecular flexibility index (Phi) is 12.9. The molecular formula is C44H52F3N9O6. The van der Waals surface area contributed by atoms with Gasteiger partial charge in [0.2, 0.25) is 5.91 Å². The lowest BCUT2D eigenvalue weighted by atomic mass is 9.84. The molecule has 1 aliphatic carbocycles. The summed E-state index contributed by atoms with van der Waals surface area (Å²) in [7, 11) is 2.85. The Hall–Kier alpha value is -6.33. The summed E-state index contributed by atoms with van der Waals surface area (Å²) in [5.41, 5.74) is 2.19. The molecule has 4 aromatic rings. The lowest BCUT2D eigenvalue weighted by Crippen LogP contribution is -2.55. The largest absolute Gasteiger partial charge is 0.573 e. The third-order valence-corrected chi connectivity index (χ3v) is 12.1. The van der Waals surface area contributed by atoms with Gasteiger partial charge in [-0.05, 0) is 79.5 Å². The fraction of sp³-hybridized carbons (Fsp3) is 0.455. The first-order valence-corrected chi connectivity index (χ1v) is 20.9. The second kappa shape index (κ2) is 18.3. The standard InChI is InChI=1S/C44H52F3N9O6/c1-25(2)38(53-43(60)61-5)41(58)56-34-9-7-6-8-29(34)20-35(56)39-50-23-33(52-39)28-12-10-27(11-13-28)32-16-14-30(21-36(32)62-44(45,46)47)40(57)51-31-15-17-37(49-22-31)55-19-18-54(24-26(55)3)42(59)48-4/h10-17,21-23,25-26,29,34-35,38H,6-9,18-20,24H2,1-5H3,(H,48,59)(H,50,52)(H,51,57)(H,53,60)/t26-,29+,34+,35+,38+/m1/s1. The molecule has 18 heteroatoms. The predicted molar refractivity (Wildman–Crippen MR) is 225 cm³/mol. The van der Waals surface area contributed by atoms with Crippen molar-refractivity contribution >= 4 is 35.4 Å². The van der Waals surface area contributed by atoms with Crippen molar-refractivity contribution in [1.82, 2.24) is 35.4 Å². The van der Waals surface area contributed by atoms with Crippen LogP contribution in [0, 0.1) is 11.8 Å². The number of piperazine rings is 1. The number of carbonyl (C=O) groups excluding carboxylic acids is 4. The number of carbonyl (C=O) groups is 4. The maximum absolute atomic E-state index is 14.2. The number of nitrogens with zero attached hydrogens (tertiary/aromatic N) is 5. The highest BCUT2D eigenvalue weighted by atomic mass is 19.4. The smallest absolute Gasteiger partial charge is 0.453 e. The average Bonchev–Trinajstić information content (AvgIpc) is 3.90. The van der Waals surface area contributed by atoms with Crippen LogP contribution in [0.3, 0.4) is 0 Å². The third kappa shape index (κ3) is 9.58. The first kappa shape index (κ1) is 43.7. The van der Waals surface area contributed by atoms with Crippen molar-refractivity contribution in [2.45, 2.75) is 83.4 Å². The molecule has 5 atom stereocenters. The van der Waals surface area contributed by atoms with Gasteiger partial charge in [0.25, 0.3) is 5.91 Å². The summed E-state index contributed by atoms with van der Waals surface area (Å²) < 4.78 is 50.5. The second-order valence-electron chi connectivity index (χ2n) is 16.4. The fourth-order valence-electron chi connectivity index (χ4n) is 8.95. The molecule has 2 saturated heterocycles. The van der Waals surface area contributed by atoms with Crippen LogP contribution in [-0.2, 0) is 9.53 Å². The molecule has 62 heavy (non-hydrogen) atoms. The van der Waals surface area contributed by atoms with Gasteiger partial charge in [-0.15, -0.1) is 13.2 Å². The monoisotopic (exact) mass is 859 g/mol. The van der Waals surface area contributed by atoms with Crippen molar-refractivity contribution in [2.24, 2.45) is 11.8 Å². The van der Waals surface area contributed by atoms with Crippen LogP contribution in [0.25, 0.3) is 22.4 Å². The zero-order chi connectivity index (χ0) is 44.3. The molecule has 4 heterocycles. The molecule has 1 saturated carbocycles. The number of urea groups is 1. The van der Waals surface area contributed by atoms with Crippen LogP contribution in [0.15, 0.2) is 67.0 Å². The average molecular weight is 860 g/mol. The van der Waals surface area contributed by atoms with Crippen LogP contribution in [0.2, 0.25) is 0 Å². The maximum Gasteiger partial charge on any atom is 0.573 e. The number of nitrogens with one attached hydrogen (secondary N) is 4. The number of pyridine rings is 1. The Bertz CT molecular complexity index is 2250. The number of methoxy groups -OCH3 is 1. The van der Waals surface area contributed by atoms with Gasteiger partial charge in [-0.2, -0.15) is 0 Å². The molecular weight excluding hydrogens is 808 g/mol. The Morgan fingerprint density at radius 1 is 0.935 bits per heavy atom. The number of anilines is 2. The van der Waals surface area contributed by atoms with Gasteiger partial charge in [0.1, 0.15) is 23.4 Å². The number of hydrogen-bond donors (Lipinski definition) is 4. The van der Waals surface area contributed by atoms with Crippen molar-refractivity contribution in [3.8, 4) is 28.1 Å². The highest BCUT2D eigenvalue weighted by molar-refractivity contribution is 6.05. The number of hydrogen-bond acceptors (Lipinski definition) is 9. The van der Waals surface area contributed by atoms with Gasteiger partial charge < -0.3 is 45.1 Å². The van der Waals surface area contributed by atoms with Crippen LogP contribution in [0.1, 0.15) is 75.1 Å². The lowest BCUT2D eigenvalue weighted by molar-refractivity contribution is -0.274. The summed E-state index contributed by atoms with van der Waals surface area (Å²) in [6.07, 6.45) is 2.12. The summed E-state index contributed by atoms with van der Waals surface area (Å²) in [6, 6.07) is 12.8. The Labute approximate surface area is 357 Å². The summed E-state index contributed by atoms with van der Waals surface area (Å²) in [5.74, 6) is -0.00167. The summed E-state index contributed by atoms with van der Waals surface area (Å²) >= 11 is 0. The molecule has 2 aliphatic heterocycles. The van der Waals surface area contributed by atoms with Crippen molar-refractivity contribution in [1.29, 1.82) is 0 Å². The van der Waals surface area contributed by atoms with E-state index in [2.05, 4.69) is 35.6 Å². The number of aromatic nitrogens is 3. The van der Waals surface area contributed by atoms with E-state index < -0.39 is 30.2 Å². The first-order valence-electron chi connectivity index (χ1n) is 20.9. The van der Waals surface area contributed by atoms with Gasteiger partial charge in [-0.25, -0.2) is 19.6 Å². The minimum atomic E-state index is -5.03. The number of amides is 5. The van der Waals surface area contributed by atoms with Crippen molar-refractivity contribution in [3.63, 3.8) is 0 Å². The zero-order valence-electron chi connectivity index (χ0n) is 35.3. The van der Waals surface area contributed by atoms with Crippen LogP contribution in [-0.4, -0.2) is 107 Å². The van der Waals surface area contributed by atoms with Gasteiger partial charge in [0.05, 0.1) is 36.9 Å². The van der Waals surface area contributed by atoms with Crippen molar-refractivity contribution in [2.75, 3.05) is 44.0 Å². The zero-order valence-corrected chi connectivity index (χ0v) is 35.3. The highest BCUT2D eigenvalue weighted by Gasteiger charge is 2.48. The van der Waals surface area contributed by atoms with Crippen molar-refractivity contribution < 1.29 is 41.8 Å². The first-order chi connectivity index (χ1) is 29.6. The molecule has 15 nitrogen and oxygen atoms in total. The number of alkyl carbamates (subject to hydrolysis) is 1.